The average molecular weight is 222 g/mol. The van der Waals surface area contributed by atoms with E-state index in [1.54, 1.807) is 24.1 Å². The van der Waals surface area contributed by atoms with Gasteiger partial charge in [-0.25, -0.2) is 0 Å². The van der Waals surface area contributed by atoms with Crippen LogP contribution in [0.4, 0.5) is 0 Å². The van der Waals surface area contributed by atoms with Crippen LogP contribution in [-0.4, -0.2) is 35.3 Å². The van der Waals surface area contributed by atoms with Crippen LogP contribution in [0.5, 0.6) is 0 Å². The number of rotatable bonds is 4. The minimum Gasteiger partial charge on any atom is -0.352 e. The average Bonchev–Trinajstić information content (AvgIpc) is 2.89. The van der Waals surface area contributed by atoms with Gasteiger partial charge in [0, 0.05) is 19.8 Å². The molecule has 2 heterocycles. The maximum Gasteiger partial charge on any atom is 0.254 e. The molecule has 0 spiro atoms. The van der Waals surface area contributed by atoms with Crippen molar-refractivity contribution < 1.29 is 4.79 Å². The SMILES string of the molecule is Cn1cc(C(=O)NCC[C@@H]2CCNC2)cn1. The van der Waals surface area contributed by atoms with Crippen LogP contribution in [0.3, 0.4) is 0 Å². The highest BCUT2D eigenvalue weighted by molar-refractivity contribution is 5.93. The van der Waals surface area contributed by atoms with E-state index in [0.29, 0.717) is 11.5 Å². The second kappa shape index (κ2) is 5.12. The Bertz CT molecular complexity index is 355. The van der Waals surface area contributed by atoms with E-state index in [4.69, 9.17) is 0 Å². The molecule has 0 aliphatic carbocycles. The highest BCUT2D eigenvalue weighted by atomic mass is 16.1. The van der Waals surface area contributed by atoms with Crippen molar-refractivity contribution in [3.8, 4) is 0 Å². The van der Waals surface area contributed by atoms with Crippen LogP contribution in [0.2, 0.25) is 0 Å². The fourth-order valence-electron chi connectivity index (χ4n) is 1.99. The lowest BCUT2D eigenvalue weighted by Crippen LogP contribution is -2.26. The van der Waals surface area contributed by atoms with Gasteiger partial charge in [-0.05, 0) is 31.8 Å². The van der Waals surface area contributed by atoms with Gasteiger partial charge in [-0.3, -0.25) is 9.48 Å². The van der Waals surface area contributed by atoms with Crippen molar-refractivity contribution in [2.45, 2.75) is 12.8 Å². The Hall–Kier alpha value is -1.36. The van der Waals surface area contributed by atoms with Gasteiger partial charge in [0.15, 0.2) is 0 Å². The summed E-state index contributed by atoms with van der Waals surface area (Å²) in [6.07, 6.45) is 5.60. The fourth-order valence-corrected chi connectivity index (χ4v) is 1.99. The lowest BCUT2D eigenvalue weighted by molar-refractivity contribution is 0.0951. The number of carbonyl (C=O) groups excluding carboxylic acids is 1. The summed E-state index contributed by atoms with van der Waals surface area (Å²) in [5.74, 6) is 0.688. The molecule has 1 aromatic rings. The number of nitrogens with zero attached hydrogens (tertiary/aromatic N) is 2. The zero-order chi connectivity index (χ0) is 11.4. The van der Waals surface area contributed by atoms with Crippen LogP contribution < -0.4 is 10.6 Å². The van der Waals surface area contributed by atoms with E-state index < -0.39 is 0 Å². The fraction of sp³-hybridized carbons (Fsp3) is 0.636. The maximum atomic E-state index is 11.7. The lowest BCUT2D eigenvalue weighted by atomic mass is 10.1. The Labute approximate surface area is 95.2 Å². The molecule has 0 bridgehead atoms. The Morgan fingerprint density at radius 1 is 1.75 bits per heavy atom. The quantitative estimate of drug-likeness (QED) is 0.762. The third-order valence-corrected chi connectivity index (χ3v) is 2.97. The van der Waals surface area contributed by atoms with Crippen LogP contribution in [0.15, 0.2) is 12.4 Å². The molecule has 0 aromatic carbocycles. The Kier molecular flexibility index (Phi) is 3.56. The molecule has 1 fully saturated rings. The molecule has 1 aliphatic rings. The molecule has 16 heavy (non-hydrogen) atoms. The first-order valence-electron chi connectivity index (χ1n) is 5.73. The Balaban J connectivity index is 1.71. The minimum atomic E-state index is -0.0287. The predicted octanol–water partition coefficient (Wildman–Crippen LogP) is 0.150. The van der Waals surface area contributed by atoms with Crippen molar-refractivity contribution >= 4 is 5.91 Å². The van der Waals surface area contributed by atoms with Gasteiger partial charge in [-0.15, -0.1) is 0 Å². The summed E-state index contributed by atoms with van der Waals surface area (Å²) in [6, 6.07) is 0. The van der Waals surface area contributed by atoms with Crippen molar-refractivity contribution in [3.05, 3.63) is 18.0 Å². The molecule has 1 aliphatic heterocycles. The first-order chi connectivity index (χ1) is 7.75. The van der Waals surface area contributed by atoms with Crippen molar-refractivity contribution in [1.82, 2.24) is 20.4 Å². The van der Waals surface area contributed by atoms with Crippen LogP contribution in [-0.2, 0) is 7.05 Å². The molecule has 0 radical (unpaired) electrons. The van der Waals surface area contributed by atoms with Gasteiger partial charge < -0.3 is 10.6 Å². The second-order valence-corrected chi connectivity index (χ2v) is 4.31. The van der Waals surface area contributed by atoms with E-state index in [2.05, 4.69) is 15.7 Å². The number of aromatic nitrogens is 2. The molecule has 0 unspecified atom stereocenters. The van der Waals surface area contributed by atoms with Crippen molar-refractivity contribution in [2.75, 3.05) is 19.6 Å². The topological polar surface area (TPSA) is 59.0 Å². The molecule has 2 N–H and O–H groups in total. The van der Waals surface area contributed by atoms with E-state index in [9.17, 15) is 4.79 Å². The minimum absolute atomic E-state index is 0.0287. The van der Waals surface area contributed by atoms with Gasteiger partial charge in [0.05, 0.1) is 11.8 Å². The molecule has 1 atom stereocenters. The first kappa shape index (κ1) is 11.1. The maximum absolute atomic E-state index is 11.7. The monoisotopic (exact) mass is 222 g/mol. The molecule has 0 saturated carbocycles. The molecule has 2 rings (SSSR count). The van der Waals surface area contributed by atoms with E-state index >= 15 is 0 Å². The van der Waals surface area contributed by atoms with Crippen LogP contribution in [0.25, 0.3) is 0 Å². The third kappa shape index (κ3) is 2.82. The number of hydrogen-bond acceptors (Lipinski definition) is 3. The Morgan fingerprint density at radius 2 is 2.62 bits per heavy atom. The molecule has 88 valence electrons. The van der Waals surface area contributed by atoms with Crippen LogP contribution in [0, 0.1) is 5.92 Å². The predicted molar refractivity (Wildman–Crippen MR) is 61.1 cm³/mol. The van der Waals surface area contributed by atoms with E-state index in [0.717, 1.165) is 26.1 Å². The highest BCUT2D eigenvalue weighted by Crippen LogP contribution is 2.10. The first-order valence-corrected chi connectivity index (χ1v) is 5.73. The van der Waals surface area contributed by atoms with Gasteiger partial charge in [0.25, 0.3) is 5.91 Å². The number of hydrogen-bond donors (Lipinski definition) is 2. The van der Waals surface area contributed by atoms with E-state index in [1.807, 2.05) is 0 Å². The van der Waals surface area contributed by atoms with E-state index in [1.165, 1.54) is 6.42 Å². The molecule has 5 nitrogen and oxygen atoms in total. The number of amides is 1. The number of carbonyl (C=O) groups is 1. The molecular formula is C11H18N4O. The summed E-state index contributed by atoms with van der Waals surface area (Å²) in [6.45, 7) is 2.95. The molecule has 5 heteroatoms. The van der Waals surface area contributed by atoms with Crippen molar-refractivity contribution in [1.29, 1.82) is 0 Å². The Morgan fingerprint density at radius 3 is 3.25 bits per heavy atom. The van der Waals surface area contributed by atoms with E-state index in [-0.39, 0.29) is 5.91 Å². The molecular weight excluding hydrogens is 204 g/mol. The van der Waals surface area contributed by atoms with Crippen LogP contribution >= 0.6 is 0 Å². The molecule has 1 aromatic heterocycles. The van der Waals surface area contributed by atoms with Gasteiger partial charge in [0.1, 0.15) is 0 Å². The summed E-state index contributed by atoms with van der Waals surface area (Å²) >= 11 is 0. The van der Waals surface area contributed by atoms with Gasteiger partial charge in [-0.1, -0.05) is 0 Å². The number of aryl methyl sites for hydroxylation is 1. The molecule has 1 saturated heterocycles. The van der Waals surface area contributed by atoms with Crippen molar-refractivity contribution in [3.63, 3.8) is 0 Å². The standard InChI is InChI=1S/C11H18N4O/c1-15-8-10(7-14-15)11(16)13-5-3-9-2-4-12-6-9/h7-9,12H,2-6H2,1H3,(H,13,16)/t9-/m0/s1. The lowest BCUT2D eigenvalue weighted by Gasteiger charge is -2.08. The van der Waals surface area contributed by atoms with Gasteiger partial charge >= 0.3 is 0 Å². The summed E-state index contributed by atoms with van der Waals surface area (Å²) in [4.78, 5) is 11.7. The summed E-state index contributed by atoms with van der Waals surface area (Å²) in [7, 11) is 1.81. The van der Waals surface area contributed by atoms with Crippen molar-refractivity contribution in [2.24, 2.45) is 13.0 Å². The zero-order valence-corrected chi connectivity index (χ0v) is 9.57. The zero-order valence-electron chi connectivity index (χ0n) is 9.57. The largest absolute Gasteiger partial charge is 0.352 e. The normalized spacial score (nSPS) is 19.9. The summed E-state index contributed by atoms with van der Waals surface area (Å²) in [5, 5.41) is 10.2. The summed E-state index contributed by atoms with van der Waals surface area (Å²) < 4.78 is 1.63. The smallest absolute Gasteiger partial charge is 0.254 e. The third-order valence-electron chi connectivity index (χ3n) is 2.97. The summed E-state index contributed by atoms with van der Waals surface area (Å²) in [5.41, 5.74) is 0.632. The van der Waals surface area contributed by atoms with Crippen LogP contribution in [0.1, 0.15) is 23.2 Å². The number of nitrogens with one attached hydrogen (secondary N) is 2. The highest BCUT2D eigenvalue weighted by Gasteiger charge is 2.14. The van der Waals surface area contributed by atoms with Gasteiger partial charge in [0.2, 0.25) is 0 Å². The molecule has 1 amide bonds. The van der Waals surface area contributed by atoms with Gasteiger partial charge in [-0.2, -0.15) is 5.10 Å². The second-order valence-electron chi connectivity index (χ2n) is 4.31.